The van der Waals surface area contributed by atoms with E-state index in [0.29, 0.717) is 0 Å². The summed E-state index contributed by atoms with van der Waals surface area (Å²) in [5.74, 6) is 0.849. The van der Waals surface area contributed by atoms with Crippen molar-refractivity contribution in [1.29, 1.82) is 0 Å². The molecule has 3 aromatic rings. The van der Waals surface area contributed by atoms with Gasteiger partial charge in [0.05, 0.1) is 13.4 Å². The fourth-order valence-electron chi connectivity index (χ4n) is 2.10. The predicted octanol–water partition coefficient (Wildman–Crippen LogP) is 4.05. The lowest BCUT2D eigenvalue weighted by molar-refractivity contribution is 0.415. The number of nitrogens with one attached hydrogen (secondary N) is 1. The molecule has 1 aromatic heterocycles. The maximum absolute atomic E-state index is 5.52. The van der Waals surface area contributed by atoms with Crippen molar-refractivity contribution < 1.29 is 9.15 Å². The highest BCUT2D eigenvalue weighted by Crippen LogP contribution is 2.22. The summed E-state index contributed by atoms with van der Waals surface area (Å²) in [4.78, 5) is 0. The first-order valence-electron chi connectivity index (χ1n) is 6.20. The maximum Gasteiger partial charge on any atom is 0.134 e. The molecule has 1 heterocycles. The van der Waals surface area contributed by atoms with Gasteiger partial charge < -0.3 is 14.5 Å². The number of methoxy groups -OCH3 is 1. The van der Waals surface area contributed by atoms with Crippen LogP contribution in [0.1, 0.15) is 5.56 Å². The van der Waals surface area contributed by atoms with Gasteiger partial charge in [0, 0.05) is 29.2 Å². The van der Waals surface area contributed by atoms with Gasteiger partial charge in [0.2, 0.25) is 0 Å². The number of benzene rings is 2. The summed E-state index contributed by atoms with van der Waals surface area (Å²) in [5, 5.41) is 4.52. The Kier molecular flexibility index (Phi) is 3.11. The first-order chi connectivity index (χ1) is 9.36. The van der Waals surface area contributed by atoms with Crippen LogP contribution in [0.15, 0.2) is 59.2 Å². The van der Waals surface area contributed by atoms with Gasteiger partial charge in [-0.25, -0.2) is 0 Å². The summed E-state index contributed by atoms with van der Waals surface area (Å²) < 4.78 is 10.7. The van der Waals surface area contributed by atoms with Crippen LogP contribution in [0, 0.1) is 0 Å². The summed E-state index contributed by atoms with van der Waals surface area (Å²) in [6.07, 6.45) is 1.80. The number of hydrogen-bond acceptors (Lipinski definition) is 3. The van der Waals surface area contributed by atoms with Gasteiger partial charge in [0.1, 0.15) is 11.3 Å². The van der Waals surface area contributed by atoms with Crippen LogP contribution in [0.4, 0.5) is 5.69 Å². The molecule has 19 heavy (non-hydrogen) atoms. The molecule has 0 amide bonds. The minimum absolute atomic E-state index is 0.726. The van der Waals surface area contributed by atoms with Gasteiger partial charge in [-0.15, -0.1) is 0 Å². The van der Waals surface area contributed by atoms with E-state index in [0.717, 1.165) is 34.5 Å². The highest BCUT2D eigenvalue weighted by Gasteiger charge is 2.04. The molecule has 0 aliphatic carbocycles. The van der Waals surface area contributed by atoms with E-state index in [1.165, 1.54) is 0 Å². The quantitative estimate of drug-likeness (QED) is 0.761. The number of anilines is 1. The van der Waals surface area contributed by atoms with Crippen LogP contribution in [0.3, 0.4) is 0 Å². The Labute approximate surface area is 111 Å². The fraction of sp³-hybridized carbons (Fsp3) is 0.125. The number of para-hydroxylation sites is 1. The minimum Gasteiger partial charge on any atom is -0.497 e. The van der Waals surface area contributed by atoms with Crippen molar-refractivity contribution in [2.75, 3.05) is 12.4 Å². The largest absolute Gasteiger partial charge is 0.497 e. The molecule has 2 aromatic carbocycles. The van der Waals surface area contributed by atoms with Crippen molar-refractivity contribution in [3.63, 3.8) is 0 Å². The maximum atomic E-state index is 5.52. The molecule has 0 aliphatic rings. The van der Waals surface area contributed by atoms with E-state index in [9.17, 15) is 0 Å². The zero-order valence-corrected chi connectivity index (χ0v) is 10.7. The Morgan fingerprint density at radius 3 is 2.89 bits per heavy atom. The molecular formula is C16H15NO2. The molecule has 3 heteroatoms. The van der Waals surface area contributed by atoms with Crippen LogP contribution in [0.5, 0.6) is 5.75 Å². The van der Waals surface area contributed by atoms with Crippen molar-refractivity contribution >= 4 is 16.7 Å². The third-order valence-electron chi connectivity index (χ3n) is 3.11. The van der Waals surface area contributed by atoms with Crippen LogP contribution in [-0.4, -0.2) is 7.11 Å². The molecule has 0 saturated heterocycles. The molecule has 1 N–H and O–H groups in total. The smallest absolute Gasteiger partial charge is 0.134 e. The van der Waals surface area contributed by atoms with E-state index >= 15 is 0 Å². The summed E-state index contributed by atoms with van der Waals surface area (Å²) >= 11 is 0. The van der Waals surface area contributed by atoms with Crippen molar-refractivity contribution in [3.8, 4) is 5.75 Å². The molecule has 0 atom stereocenters. The highest BCUT2D eigenvalue weighted by atomic mass is 16.5. The number of ether oxygens (including phenoxy) is 1. The number of furan rings is 1. The highest BCUT2D eigenvalue weighted by molar-refractivity contribution is 5.81. The summed E-state index contributed by atoms with van der Waals surface area (Å²) in [6.45, 7) is 0.726. The third kappa shape index (κ3) is 2.40. The number of hydrogen-bond donors (Lipinski definition) is 1. The second-order valence-electron chi connectivity index (χ2n) is 4.34. The molecule has 0 bridgehead atoms. The molecular weight excluding hydrogens is 238 g/mol. The van der Waals surface area contributed by atoms with Crippen LogP contribution in [0.2, 0.25) is 0 Å². The summed E-state index contributed by atoms with van der Waals surface area (Å²) in [5.41, 5.74) is 3.10. The Morgan fingerprint density at radius 2 is 2.00 bits per heavy atom. The van der Waals surface area contributed by atoms with Crippen LogP contribution >= 0.6 is 0 Å². The topological polar surface area (TPSA) is 34.4 Å². The Bertz CT molecular complexity index is 688. The zero-order chi connectivity index (χ0) is 13.1. The molecule has 0 unspecified atom stereocenters. The molecule has 0 spiro atoms. The normalized spacial score (nSPS) is 10.6. The van der Waals surface area contributed by atoms with Crippen molar-refractivity contribution in [2.24, 2.45) is 0 Å². The van der Waals surface area contributed by atoms with Crippen LogP contribution < -0.4 is 10.1 Å². The Balaban J connectivity index is 1.78. The van der Waals surface area contributed by atoms with Gasteiger partial charge in [0.25, 0.3) is 0 Å². The van der Waals surface area contributed by atoms with Gasteiger partial charge in [-0.2, -0.15) is 0 Å². The average Bonchev–Trinajstić information content (AvgIpc) is 2.89. The third-order valence-corrected chi connectivity index (χ3v) is 3.11. The summed E-state index contributed by atoms with van der Waals surface area (Å²) in [6, 6.07) is 15.9. The van der Waals surface area contributed by atoms with Crippen molar-refractivity contribution in [3.05, 3.63) is 60.4 Å². The van der Waals surface area contributed by atoms with Gasteiger partial charge in [-0.1, -0.05) is 24.3 Å². The van der Waals surface area contributed by atoms with Gasteiger partial charge >= 0.3 is 0 Å². The second-order valence-corrected chi connectivity index (χ2v) is 4.34. The lowest BCUT2D eigenvalue weighted by Crippen LogP contribution is -1.98. The molecule has 0 saturated carbocycles. The van der Waals surface area contributed by atoms with E-state index in [1.807, 2.05) is 42.5 Å². The number of fused-ring (bicyclic) bond motifs is 1. The zero-order valence-electron chi connectivity index (χ0n) is 10.7. The molecule has 96 valence electrons. The van der Waals surface area contributed by atoms with E-state index < -0.39 is 0 Å². The minimum atomic E-state index is 0.726. The van der Waals surface area contributed by atoms with Crippen molar-refractivity contribution in [1.82, 2.24) is 0 Å². The lowest BCUT2D eigenvalue weighted by atomic mass is 10.2. The number of rotatable bonds is 4. The summed E-state index contributed by atoms with van der Waals surface area (Å²) in [7, 11) is 1.67. The predicted molar refractivity (Wildman–Crippen MR) is 76.5 cm³/mol. The van der Waals surface area contributed by atoms with E-state index in [1.54, 1.807) is 13.4 Å². The standard InChI is InChI=1S/C16H15NO2/c1-18-14-6-4-5-13(9-14)17-10-12-11-19-16-8-3-2-7-15(12)16/h2-9,11,17H,10H2,1H3. The van der Waals surface area contributed by atoms with E-state index in [4.69, 9.17) is 9.15 Å². The van der Waals surface area contributed by atoms with Gasteiger partial charge in [-0.3, -0.25) is 0 Å². The molecule has 3 nitrogen and oxygen atoms in total. The molecule has 0 fully saturated rings. The first-order valence-corrected chi connectivity index (χ1v) is 6.20. The van der Waals surface area contributed by atoms with Crippen molar-refractivity contribution in [2.45, 2.75) is 6.54 Å². The van der Waals surface area contributed by atoms with E-state index in [2.05, 4.69) is 11.4 Å². The Hall–Kier alpha value is -2.42. The van der Waals surface area contributed by atoms with Gasteiger partial charge in [0.15, 0.2) is 0 Å². The Morgan fingerprint density at radius 1 is 1.11 bits per heavy atom. The second kappa shape index (κ2) is 5.06. The van der Waals surface area contributed by atoms with Gasteiger partial charge in [-0.05, 0) is 18.2 Å². The van der Waals surface area contributed by atoms with Crippen LogP contribution in [0.25, 0.3) is 11.0 Å². The molecule has 3 rings (SSSR count). The van der Waals surface area contributed by atoms with Crippen LogP contribution in [-0.2, 0) is 6.54 Å². The van der Waals surface area contributed by atoms with E-state index in [-0.39, 0.29) is 0 Å². The average molecular weight is 253 g/mol. The lowest BCUT2D eigenvalue weighted by Gasteiger charge is -2.07. The molecule has 0 aliphatic heterocycles. The SMILES string of the molecule is COc1cccc(NCc2coc3ccccc23)c1. The monoisotopic (exact) mass is 253 g/mol. The molecule has 0 radical (unpaired) electrons. The fourth-order valence-corrected chi connectivity index (χ4v) is 2.10. The first kappa shape index (κ1) is 11.7.